The zero-order valence-electron chi connectivity index (χ0n) is 23.4. The molecule has 0 rings (SSSR count). The molecule has 0 spiro atoms. The summed E-state index contributed by atoms with van der Waals surface area (Å²) >= 11 is 0. The van der Waals surface area contributed by atoms with Crippen LogP contribution in [0.25, 0.3) is 0 Å². The molecule has 4 heteroatoms. The van der Waals surface area contributed by atoms with Gasteiger partial charge in [-0.1, -0.05) is 125 Å². The number of carboxylic acid groups (broad SMARTS) is 2. The van der Waals surface area contributed by atoms with E-state index in [0.29, 0.717) is 17.8 Å². The Balaban J connectivity index is 5.33. The van der Waals surface area contributed by atoms with Crippen LogP contribution in [0.15, 0.2) is 0 Å². The lowest BCUT2D eigenvalue weighted by Gasteiger charge is -2.38. The number of hydrogen-bond donors (Lipinski definition) is 2. The number of rotatable bonds is 24. The van der Waals surface area contributed by atoms with Gasteiger partial charge in [-0.05, 0) is 43.4 Å². The minimum atomic E-state index is -0.704. The fourth-order valence-electron chi connectivity index (χ4n) is 5.75. The molecular weight excluding hydrogens is 424 g/mol. The second-order valence-electron chi connectivity index (χ2n) is 11.0. The van der Waals surface area contributed by atoms with E-state index in [0.717, 1.165) is 89.9 Å². The first kappa shape index (κ1) is 32.9. The minimum absolute atomic E-state index is 0.270. The quantitative estimate of drug-likeness (QED) is 0.134. The lowest BCUT2D eigenvalue weighted by atomic mass is 9.65. The van der Waals surface area contributed by atoms with Gasteiger partial charge >= 0.3 is 11.9 Å². The minimum Gasteiger partial charge on any atom is -0.481 e. The van der Waals surface area contributed by atoms with Crippen LogP contribution >= 0.6 is 0 Å². The highest BCUT2D eigenvalue weighted by atomic mass is 16.4. The van der Waals surface area contributed by atoms with Gasteiger partial charge in [-0.25, -0.2) is 0 Å². The predicted octanol–water partition coefficient (Wildman–Crippen LogP) is 9.50. The van der Waals surface area contributed by atoms with Crippen LogP contribution < -0.4 is 0 Å². The molecule has 0 fully saturated rings. The van der Waals surface area contributed by atoms with Crippen LogP contribution in [0, 0.1) is 23.2 Å². The molecule has 0 aromatic carbocycles. The molecule has 0 aliphatic rings. The first-order chi connectivity index (χ1) is 16.3. The zero-order chi connectivity index (χ0) is 25.8. The van der Waals surface area contributed by atoms with Crippen molar-refractivity contribution in [2.24, 2.45) is 23.2 Å². The molecule has 0 bridgehead atoms. The largest absolute Gasteiger partial charge is 0.481 e. The molecule has 2 N–H and O–H groups in total. The summed E-state index contributed by atoms with van der Waals surface area (Å²) in [5, 5.41) is 19.5. The molecule has 0 heterocycles. The summed E-state index contributed by atoms with van der Waals surface area (Å²) in [4.78, 5) is 23.6. The van der Waals surface area contributed by atoms with Gasteiger partial charge in [0.05, 0.1) is 5.41 Å². The molecule has 0 aromatic rings. The first-order valence-electron chi connectivity index (χ1n) is 14.7. The summed E-state index contributed by atoms with van der Waals surface area (Å²) in [7, 11) is 0. The Morgan fingerprint density at radius 2 is 0.971 bits per heavy atom. The lowest BCUT2D eigenvalue weighted by Crippen LogP contribution is -2.37. The zero-order valence-corrected chi connectivity index (χ0v) is 23.4. The van der Waals surface area contributed by atoms with E-state index in [-0.39, 0.29) is 6.42 Å². The van der Waals surface area contributed by atoms with Crippen molar-refractivity contribution in [1.82, 2.24) is 0 Å². The molecule has 34 heavy (non-hydrogen) atoms. The molecule has 0 saturated carbocycles. The summed E-state index contributed by atoms with van der Waals surface area (Å²) in [5.41, 5.74) is -0.592. The molecule has 0 radical (unpaired) electrons. The highest BCUT2D eigenvalue weighted by Crippen LogP contribution is 2.45. The van der Waals surface area contributed by atoms with Gasteiger partial charge in [0, 0.05) is 6.42 Å². The fourth-order valence-corrected chi connectivity index (χ4v) is 5.75. The lowest BCUT2D eigenvalue weighted by molar-refractivity contribution is -0.153. The molecule has 0 aromatic heterocycles. The summed E-state index contributed by atoms with van der Waals surface area (Å²) in [6, 6.07) is 0. The first-order valence-corrected chi connectivity index (χ1v) is 14.7. The predicted molar refractivity (Wildman–Crippen MR) is 144 cm³/mol. The van der Waals surface area contributed by atoms with Gasteiger partial charge in [-0.15, -0.1) is 0 Å². The van der Waals surface area contributed by atoms with E-state index in [1.54, 1.807) is 0 Å². The summed E-state index contributed by atoms with van der Waals surface area (Å²) in [6.07, 6.45) is 19.2. The van der Waals surface area contributed by atoms with Gasteiger partial charge in [0.25, 0.3) is 0 Å². The number of aliphatic carboxylic acids is 2. The molecule has 0 aliphatic carbocycles. The third kappa shape index (κ3) is 14.4. The van der Waals surface area contributed by atoms with E-state index in [2.05, 4.69) is 34.6 Å². The SMILES string of the molecule is CCCCC(CC)CC(CC(CC)CCCC)(CC(CC)CCCCCCCC(=O)O)C(=O)O. The van der Waals surface area contributed by atoms with Crippen LogP contribution in [0.3, 0.4) is 0 Å². The van der Waals surface area contributed by atoms with Gasteiger partial charge in [0.15, 0.2) is 0 Å². The smallest absolute Gasteiger partial charge is 0.309 e. The second kappa shape index (κ2) is 20.2. The van der Waals surface area contributed by atoms with Gasteiger partial charge < -0.3 is 10.2 Å². The van der Waals surface area contributed by atoms with Crippen LogP contribution in [0.5, 0.6) is 0 Å². The molecule has 0 saturated heterocycles. The van der Waals surface area contributed by atoms with Gasteiger partial charge in [0.2, 0.25) is 0 Å². The maximum Gasteiger partial charge on any atom is 0.309 e. The maximum absolute atomic E-state index is 13.0. The van der Waals surface area contributed by atoms with Crippen LogP contribution in [-0.2, 0) is 9.59 Å². The highest BCUT2D eigenvalue weighted by Gasteiger charge is 2.42. The summed E-state index contributed by atoms with van der Waals surface area (Å²) in [5.74, 6) is 0.217. The Kier molecular flexibility index (Phi) is 19.5. The van der Waals surface area contributed by atoms with Gasteiger partial charge in [0.1, 0.15) is 0 Å². The number of carboxylic acids is 2. The van der Waals surface area contributed by atoms with Gasteiger partial charge in [-0.2, -0.15) is 0 Å². The maximum atomic E-state index is 13.0. The Morgan fingerprint density at radius 1 is 0.588 bits per heavy atom. The fraction of sp³-hybridized carbons (Fsp3) is 0.933. The molecule has 3 unspecified atom stereocenters. The molecule has 0 aliphatic heterocycles. The van der Waals surface area contributed by atoms with Crippen molar-refractivity contribution in [1.29, 1.82) is 0 Å². The van der Waals surface area contributed by atoms with Crippen molar-refractivity contribution in [3.63, 3.8) is 0 Å². The van der Waals surface area contributed by atoms with Crippen molar-refractivity contribution in [2.75, 3.05) is 0 Å². The second-order valence-corrected chi connectivity index (χ2v) is 11.0. The Bertz CT molecular complexity index is 498. The number of unbranched alkanes of at least 4 members (excludes halogenated alkanes) is 6. The van der Waals surface area contributed by atoms with Crippen molar-refractivity contribution >= 4 is 11.9 Å². The van der Waals surface area contributed by atoms with Crippen molar-refractivity contribution in [3.05, 3.63) is 0 Å². The van der Waals surface area contributed by atoms with Crippen LogP contribution in [0.2, 0.25) is 0 Å². The van der Waals surface area contributed by atoms with E-state index >= 15 is 0 Å². The topological polar surface area (TPSA) is 74.6 Å². The van der Waals surface area contributed by atoms with Gasteiger partial charge in [-0.3, -0.25) is 9.59 Å². The molecule has 202 valence electrons. The van der Waals surface area contributed by atoms with Crippen LogP contribution in [-0.4, -0.2) is 22.2 Å². The van der Waals surface area contributed by atoms with E-state index < -0.39 is 17.4 Å². The Morgan fingerprint density at radius 3 is 1.32 bits per heavy atom. The van der Waals surface area contributed by atoms with E-state index in [9.17, 15) is 14.7 Å². The van der Waals surface area contributed by atoms with E-state index in [1.807, 2.05) is 0 Å². The average Bonchev–Trinajstić information content (AvgIpc) is 2.82. The molecule has 3 atom stereocenters. The van der Waals surface area contributed by atoms with Crippen molar-refractivity contribution in [3.8, 4) is 0 Å². The Labute approximate surface area is 211 Å². The van der Waals surface area contributed by atoms with Crippen LogP contribution in [0.1, 0.15) is 157 Å². The van der Waals surface area contributed by atoms with Crippen molar-refractivity contribution in [2.45, 2.75) is 157 Å². The van der Waals surface area contributed by atoms with Crippen molar-refractivity contribution < 1.29 is 19.8 Å². The number of carbonyl (C=O) groups is 2. The normalized spacial score (nSPS) is 16.0. The molecule has 4 nitrogen and oxygen atoms in total. The standard InChI is InChI=1S/C30H58O4/c1-6-11-18-25(8-3)22-30(29(33)34,23-26(9-4)19-12-7-2)24-27(10-5)20-16-14-13-15-17-21-28(31)32/h25-27H,6-24H2,1-5H3,(H,31,32)(H,33,34). The molecule has 0 amide bonds. The average molecular weight is 483 g/mol. The van der Waals surface area contributed by atoms with Crippen LogP contribution in [0.4, 0.5) is 0 Å². The third-order valence-electron chi connectivity index (χ3n) is 8.16. The third-order valence-corrected chi connectivity index (χ3v) is 8.16. The summed E-state index contributed by atoms with van der Waals surface area (Å²) in [6.45, 7) is 11.2. The monoisotopic (exact) mass is 482 g/mol. The summed E-state index contributed by atoms with van der Waals surface area (Å²) < 4.78 is 0. The highest BCUT2D eigenvalue weighted by molar-refractivity contribution is 5.74. The van der Waals surface area contributed by atoms with E-state index in [4.69, 9.17) is 5.11 Å². The Hall–Kier alpha value is -1.06. The number of hydrogen-bond acceptors (Lipinski definition) is 2. The van der Waals surface area contributed by atoms with E-state index in [1.165, 1.54) is 25.7 Å². The molecular formula is C30H58O4.